The van der Waals surface area contributed by atoms with Crippen LogP contribution in [0.15, 0.2) is 30.3 Å². The number of rotatable bonds is 8. The van der Waals surface area contributed by atoms with Crippen LogP contribution in [-0.2, 0) is 11.2 Å². The van der Waals surface area contributed by atoms with Crippen molar-refractivity contribution >= 4 is 22.4 Å². The molecule has 1 aromatic heterocycles. The number of aryl methyl sites for hydroxylation is 1. The highest BCUT2D eigenvalue weighted by Crippen LogP contribution is 2.17. The minimum Gasteiger partial charge on any atom is -0.484 e. The van der Waals surface area contributed by atoms with E-state index in [0.717, 1.165) is 24.3 Å². The van der Waals surface area contributed by atoms with E-state index in [1.54, 1.807) is 12.1 Å². The van der Waals surface area contributed by atoms with Crippen LogP contribution in [0.25, 0.3) is 0 Å². The lowest BCUT2D eigenvalue weighted by molar-refractivity contribution is -0.118. The zero-order valence-electron chi connectivity index (χ0n) is 11.6. The third kappa shape index (κ3) is 5.49. The second-order valence-corrected chi connectivity index (χ2v) is 5.46. The minimum absolute atomic E-state index is 0.0495. The van der Waals surface area contributed by atoms with Gasteiger partial charge in [0, 0.05) is 6.42 Å². The van der Waals surface area contributed by atoms with Crippen LogP contribution in [0.4, 0.5) is 5.13 Å². The van der Waals surface area contributed by atoms with Crippen LogP contribution < -0.4 is 15.8 Å². The molecule has 0 unspecified atom stereocenters. The summed E-state index contributed by atoms with van der Waals surface area (Å²) in [7, 11) is 0. The number of nitrogens with two attached hydrogens (primary N) is 1. The number of amides is 1. The number of benzene rings is 1. The minimum atomic E-state index is -0.247. The quantitative estimate of drug-likeness (QED) is 0.726. The molecular formula is C14H18N4O2S. The Balaban J connectivity index is 1.75. The van der Waals surface area contributed by atoms with E-state index in [4.69, 9.17) is 10.5 Å². The van der Waals surface area contributed by atoms with Crippen molar-refractivity contribution in [2.24, 2.45) is 5.73 Å². The van der Waals surface area contributed by atoms with Crippen LogP contribution in [0.2, 0.25) is 0 Å². The predicted molar refractivity (Wildman–Crippen MR) is 82.5 cm³/mol. The van der Waals surface area contributed by atoms with Gasteiger partial charge in [0.15, 0.2) is 6.61 Å². The molecule has 2 aromatic rings. The number of hydrogen-bond acceptors (Lipinski definition) is 6. The van der Waals surface area contributed by atoms with Crippen LogP contribution in [-0.4, -0.2) is 29.3 Å². The molecule has 21 heavy (non-hydrogen) atoms. The van der Waals surface area contributed by atoms with Crippen LogP contribution in [0.1, 0.15) is 17.8 Å². The molecule has 1 heterocycles. The van der Waals surface area contributed by atoms with E-state index in [1.165, 1.54) is 11.3 Å². The highest BCUT2D eigenvalue weighted by atomic mass is 32.1. The van der Waals surface area contributed by atoms with Crippen molar-refractivity contribution in [3.8, 4) is 5.75 Å². The number of hydrogen-bond donors (Lipinski definition) is 2. The Morgan fingerprint density at radius 1 is 1.24 bits per heavy atom. The highest BCUT2D eigenvalue weighted by molar-refractivity contribution is 7.15. The smallest absolute Gasteiger partial charge is 0.264 e. The van der Waals surface area contributed by atoms with Crippen molar-refractivity contribution in [2.45, 2.75) is 19.3 Å². The van der Waals surface area contributed by atoms with Gasteiger partial charge in [-0.1, -0.05) is 29.5 Å². The highest BCUT2D eigenvalue weighted by Gasteiger charge is 2.08. The van der Waals surface area contributed by atoms with Gasteiger partial charge in [-0.25, -0.2) is 0 Å². The molecule has 0 aliphatic rings. The van der Waals surface area contributed by atoms with Gasteiger partial charge in [-0.15, -0.1) is 10.2 Å². The summed E-state index contributed by atoms with van der Waals surface area (Å²) in [6.07, 6.45) is 2.79. The fraction of sp³-hybridized carbons (Fsp3) is 0.357. The van der Waals surface area contributed by atoms with Crippen LogP contribution in [0.5, 0.6) is 5.75 Å². The zero-order chi connectivity index (χ0) is 14.9. The molecule has 0 radical (unpaired) electrons. The number of carbonyl (C=O) groups is 1. The van der Waals surface area contributed by atoms with E-state index in [0.29, 0.717) is 17.4 Å². The number of nitrogens with one attached hydrogen (secondary N) is 1. The molecule has 0 aliphatic heterocycles. The van der Waals surface area contributed by atoms with Gasteiger partial charge in [0.2, 0.25) is 5.13 Å². The number of carbonyl (C=O) groups excluding carboxylic acids is 1. The summed E-state index contributed by atoms with van der Waals surface area (Å²) >= 11 is 1.38. The lowest BCUT2D eigenvalue weighted by Gasteiger charge is -2.04. The molecule has 0 saturated carbocycles. The first-order valence-electron chi connectivity index (χ1n) is 6.78. The molecule has 7 heteroatoms. The molecular weight excluding hydrogens is 288 g/mol. The predicted octanol–water partition coefficient (Wildman–Crippen LogP) is 1.84. The maximum absolute atomic E-state index is 11.7. The standard InChI is InChI=1S/C14H18N4O2S/c15-9-5-4-8-13-17-18-14(21-13)16-12(19)10-20-11-6-2-1-3-7-11/h1-3,6-7H,4-5,8-10,15H2,(H,16,18,19). The van der Waals surface area contributed by atoms with Gasteiger partial charge in [0.05, 0.1) is 0 Å². The van der Waals surface area contributed by atoms with E-state index in [1.807, 2.05) is 18.2 Å². The zero-order valence-corrected chi connectivity index (χ0v) is 12.4. The third-order valence-corrected chi connectivity index (χ3v) is 3.57. The molecule has 112 valence electrons. The Labute approximate surface area is 127 Å². The summed E-state index contributed by atoms with van der Waals surface area (Å²) in [4.78, 5) is 11.7. The monoisotopic (exact) mass is 306 g/mol. The second kappa shape index (κ2) is 8.33. The van der Waals surface area contributed by atoms with Crippen LogP contribution in [0.3, 0.4) is 0 Å². The van der Waals surface area contributed by atoms with Crippen molar-refractivity contribution in [1.29, 1.82) is 0 Å². The molecule has 2 rings (SSSR count). The normalized spacial score (nSPS) is 10.3. The maximum atomic E-state index is 11.7. The topological polar surface area (TPSA) is 90.1 Å². The van der Waals surface area contributed by atoms with Gasteiger partial charge < -0.3 is 10.5 Å². The van der Waals surface area contributed by atoms with Gasteiger partial charge in [0.1, 0.15) is 10.8 Å². The number of anilines is 1. The largest absolute Gasteiger partial charge is 0.484 e. The number of para-hydroxylation sites is 1. The first-order valence-corrected chi connectivity index (χ1v) is 7.59. The molecule has 3 N–H and O–H groups in total. The molecule has 0 atom stereocenters. The molecule has 1 aromatic carbocycles. The molecule has 0 spiro atoms. The summed E-state index contributed by atoms with van der Waals surface area (Å²) in [6, 6.07) is 9.19. The Morgan fingerprint density at radius 3 is 2.81 bits per heavy atom. The lowest BCUT2D eigenvalue weighted by atomic mass is 10.2. The van der Waals surface area contributed by atoms with Crippen molar-refractivity contribution < 1.29 is 9.53 Å². The molecule has 0 bridgehead atoms. The SMILES string of the molecule is NCCCCc1nnc(NC(=O)COc2ccccc2)s1. The summed E-state index contributed by atoms with van der Waals surface area (Å²) in [6.45, 7) is 0.630. The summed E-state index contributed by atoms with van der Waals surface area (Å²) in [5, 5.41) is 12.1. The molecule has 0 aliphatic carbocycles. The molecule has 1 amide bonds. The average molecular weight is 306 g/mol. The Morgan fingerprint density at radius 2 is 2.05 bits per heavy atom. The Kier molecular flexibility index (Phi) is 6.11. The van der Waals surface area contributed by atoms with Gasteiger partial charge >= 0.3 is 0 Å². The third-order valence-electron chi connectivity index (χ3n) is 2.67. The van der Waals surface area contributed by atoms with E-state index in [-0.39, 0.29) is 12.5 Å². The maximum Gasteiger partial charge on any atom is 0.264 e. The number of aromatic nitrogens is 2. The summed E-state index contributed by atoms with van der Waals surface area (Å²) in [5.41, 5.74) is 5.44. The van der Waals surface area contributed by atoms with Crippen molar-refractivity contribution in [2.75, 3.05) is 18.5 Å². The first-order chi connectivity index (χ1) is 10.3. The van der Waals surface area contributed by atoms with Gasteiger partial charge in [-0.2, -0.15) is 0 Å². The second-order valence-electron chi connectivity index (χ2n) is 4.40. The summed E-state index contributed by atoms with van der Waals surface area (Å²) in [5.74, 6) is 0.413. The fourth-order valence-electron chi connectivity index (χ4n) is 1.65. The number of ether oxygens (including phenoxy) is 1. The van der Waals surface area contributed by atoms with Crippen molar-refractivity contribution in [3.63, 3.8) is 0 Å². The first kappa shape index (κ1) is 15.4. The van der Waals surface area contributed by atoms with E-state index >= 15 is 0 Å². The fourth-order valence-corrected chi connectivity index (χ4v) is 2.44. The summed E-state index contributed by atoms with van der Waals surface area (Å²) < 4.78 is 5.36. The van der Waals surface area contributed by atoms with Crippen molar-refractivity contribution in [1.82, 2.24) is 10.2 Å². The number of nitrogens with zero attached hydrogens (tertiary/aromatic N) is 2. The van der Waals surface area contributed by atoms with E-state index in [2.05, 4.69) is 15.5 Å². The molecule has 6 nitrogen and oxygen atoms in total. The average Bonchev–Trinajstić information content (AvgIpc) is 2.94. The van der Waals surface area contributed by atoms with Gasteiger partial charge in [0.25, 0.3) is 5.91 Å². The van der Waals surface area contributed by atoms with Crippen molar-refractivity contribution in [3.05, 3.63) is 35.3 Å². The Hall–Kier alpha value is -1.99. The van der Waals surface area contributed by atoms with E-state index < -0.39 is 0 Å². The molecule has 0 saturated heterocycles. The Bertz CT molecular complexity index is 559. The molecule has 0 fully saturated rings. The van der Waals surface area contributed by atoms with Crippen LogP contribution >= 0.6 is 11.3 Å². The van der Waals surface area contributed by atoms with Gasteiger partial charge in [-0.3, -0.25) is 10.1 Å². The van der Waals surface area contributed by atoms with Crippen LogP contribution in [0, 0.1) is 0 Å². The van der Waals surface area contributed by atoms with E-state index in [9.17, 15) is 4.79 Å². The van der Waals surface area contributed by atoms with Gasteiger partial charge in [-0.05, 0) is 31.5 Å². The number of unbranched alkanes of at least 4 members (excludes halogenated alkanes) is 1. The lowest BCUT2D eigenvalue weighted by Crippen LogP contribution is -2.20.